The summed E-state index contributed by atoms with van der Waals surface area (Å²) in [4.78, 5) is 17.2. The van der Waals surface area contributed by atoms with Crippen LogP contribution in [0.25, 0.3) is 10.2 Å². The number of benzene rings is 1. The second kappa shape index (κ2) is 5.18. The summed E-state index contributed by atoms with van der Waals surface area (Å²) in [5.41, 5.74) is 10.2. The van der Waals surface area contributed by atoms with Crippen molar-refractivity contribution in [3.8, 4) is 0 Å². The molecule has 0 atom stereocenters. The summed E-state index contributed by atoms with van der Waals surface area (Å²) >= 11 is 1.36. The van der Waals surface area contributed by atoms with E-state index in [-0.39, 0.29) is 5.91 Å². The summed E-state index contributed by atoms with van der Waals surface area (Å²) in [5.74, 6) is -0.192. The molecule has 0 radical (unpaired) electrons. The average Bonchev–Trinajstić information content (AvgIpc) is 2.80. The number of rotatable bonds is 2. The molecule has 0 spiro atoms. The molecule has 0 saturated heterocycles. The van der Waals surface area contributed by atoms with Crippen molar-refractivity contribution in [1.82, 2.24) is 4.98 Å². The molecular formula is C16H15N3OS. The van der Waals surface area contributed by atoms with Crippen molar-refractivity contribution in [2.45, 2.75) is 13.8 Å². The number of aryl methyl sites for hydroxylation is 2. The monoisotopic (exact) mass is 297 g/mol. The van der Waals surface area contributed by atoms with Crippen molar-refractivity contribution >= 4 is 38.8 Å². The molecule has 5 heteroatoms. The summed E-state index contributed by atoms with van der Waals surface area (Å²) in [6, 6.07) is 9.66. The minimum absolute atomic E-state index is 0.192. The lowest BCUT2D eigenvalue weighted by Crippen LogP contribution is -2.12. The number of hydrogen-bond donors (Lipinski definition) is 2. The molecule has 0 saturated carbocycles. The third-order valence-corrected chi connectivity index (χ3v) is 4.48. The first kappa shape index (κ1) is 13.6. The number of carbonyl (C=O) groups is 1. The Morgan fingerprint density at radius 2 is 2.10 bits per heavy atom. The normalized spacial score (nSPS) is 10.8. The zero-order valence-corrected chi connectivity index (χ0v) is 12.6. The molecule has 3 aromatic rings. The van der Waals surface area contributed by atoms with E-state index in [1.807, 2.05) is 44.2 Å². The zero-order chi connectivity index (χ0) is 15.0. The van der Waals surface area contributed by atoms with Crippen molar-refractivity contribution in [2.24, 2.45) is 0 Å². The van der Waals surface area contributed by atoms with Gasteiger partial charge in [0.25, 0.3) is 5.91 Å². The van der Waals surface area contributed by atoms with E-state index in [1.165, 1.54) is 11.3 Å². The molecule has 1 amide bonds. The van der Waals surface area contributed by atoms with Gasteiger partial charge >= 0.3 is 0 Å². The Hall–Kier alpha value is -2.40. The first-order valence-electron chi connectivity index (χ1n) is 6.58. The van der Waals surface area contributed by atoms with Gasteiger partial charge in [-0.05, 0) is 37.6 Å². The maximum Gasteiger partial charge on any atom is 0.267 e. The van der Waals surface area contributed by atoms with Gasteiger partial charge in [0.2, 0.25) is 0 Å². The molecule has 106 valence electrons. The van der Waals surface area contributed by atoms with E-state index in [1.54, 1.807) is 6.20 Å². The van der Waals surface area contributed by atoms with E-state index in [0.29, 0.717) is 16.1 Å². The molecular weight excluding hydrogens is 282 g/mol. The lowest BCUT2D eigenvalue weighted by Gasteiger charge is -2.08. The van der Waals surface area contributed by atoms with E-state index in [4.69, 9.17) is 5.73 Å². The number of carbonyl (C=O) groups excluding carboxylic acids is 1. The van der Waals surface area contributed by atoms with Crippen LogP contribution in [-0.4, -0.2) is 10.9 Å². The molecule has 0 aliphatic rings. The fourth-order valence-electron chi connectivity index (χ4n) is 2.25. The van der Waals surface area contributed by atoms with Crippen LogP contribution < -0.4 is 11.1 Å². The summed E-state index contributed by atoms with van der Waals surface area (Å²) in [6.07, 6.45) is 1.68. The fourth-order valence-corrected chi connectivity index (χ4v) is 3.23. The van der Waals surface area contributed by atoms with Crippen LogP contribution in [0.5, 0.6) is 0 Å². The Morgan fingerprint density at radius 3 is 2.81 bits per heavy atom. The number of anilines is 2. The third-order valence-electron chi connectivity index (χ3n) is 3.32. The third kappa shape index (κ3) is 2.48. The number of amides is 1. The largest absolute Gasteiger partial charge is 0.396 e. The molecule has 0 bridgehead atoms. The van der Waals surface area contributed by atoms with Gasteiger partial charge in [-0.1, -0.05) is 17.7 Å². The predicted molar refractivity (Wildman–Crippen MR) is 87.9 cm³/mol. The molecule has 21 heavy (non-hydrogen) atoms. The van der Waals surface area contributed by atoms with E-state index in [0.717, 1.165) is 21.5 Å². The quantitative estimate of drug-likeness (QED) is 0.757. The van der Waals surface area contributed by atoms with Gasteiger partial charge in [-0.2, -0.15) is 0 Å². The van der Waals surface area contributed by atoms with Gasteiger partial charge in [-0.3, -0.25) is 9.78 Å². The van der Waals surface area contributed by atoms with Crippen molar-refractivity contribution in [2.75, 3.05) is 11.1 Å². The fraction of sp³-hybridized carbons (Fsp3) is 0.125. The van der Waals surface area contributed by atoms with Crippen molar-refractivity contribution in [1.29, 1.82) is 0 Å². The molecule has 1 aromatic carbocycles. The van der Waals surface area contributed by atoms with E-state index in [2.05, 4.69) is 10.3 Å². The maximum absolute atomic E-state index is 12.4. The first-order valence-corrected chi connectivity index (χ1v) is 7.39. The Kier molecular flexibility index (Phi) is 3.35. The second-order valence-corrected chi connectivity index (χ2v) is 6.02. The Morgan fingerprint density at radius 1 is 1.29 bits per heavy atom. The van der Waals surface area contributed by atoms with Crippen molar-refractivity contribution in [3.63, 3.8) is 0 Å². The lowest BCUT2D eigenvalue weighted by atomic mass is 10.1. The Bertz CT molecular complexity index is 839. The van der Waals surface area contributed by atoms with Crippen LogP contribution in [0.2, 0.25) is 0 Å². The Labute approximate surface area is 126 Å². The molecule has 0 aliphatic carbocycles. The minimum Gasteiger partial charge on any atom is -0.396 e. The molecule has 3 rings (SSSR count). The van der Waals surface area contributed by atoms with Crippen LogP contribution in [0, 0.1) is 13.8 Å². The summed E-state index contributed by atoms with van der Waals surface area (Å²) in [5, 5.41) is 2.92. The van der Waals surface area contributed by atoms with Gasteiger partial charge in [0, 0.05) is 11.9 Å². The topological polar surface area (TPSA) is 68.0 Å². The highest BCUT2D eigenvalue weighted by molar-refractivity contribution is 7.21. The number of fused-ring (bicyclic) bond motifs is 1. The second-order valence-electron chi connectivity index (χ2n) is 4.97. The predicted octanol–water partition coefficient (Wildman–Crippen LogP) is 3.75. The van der Waals surface area contributed by atoms with Gasteiger partial charge in [-0.15, -0.1) is 11.3 Å². The molecule has 0 aliphatic heterocycles. The van der Waals surface area contributed by atoms with Crippen LogP contribution in [0.4, 0.5) is 11.4 Å². The number of thiophene rings is 1. The molecule has 4 nitrogen and oxygen atoms in total. The zero-order valence-electron chi connectivity index (χ0n) is 11.8. The number of pyridine rings is 1. The summed E-state index contributed by atoms with van der Waals surface area (Å²) in [7, 11) is 0. The van der Waals surface area contributed by atoms with E-state index in [9.17, 15) is 4.79 Å². The molecule has 2 aromatic heterocycles. The van der Waals surface area contributed by atoms with Gasteiger partial charge in [0.15, 0.2) is 0 Å². The number of aromatic nitrogens is 1. The summed E-state index contributed by atoms with van der Waals surface area (Å²) in [6.45, 7) is 3.99. The van der Waals surface area contributed by atoms with Gasteiger partial charge in [-0.25, -0.2) is 0 Å². The summed E-state index contributed by atoms with van der Waals surface area (Å²) < 4.78 is 0.917. The van der Waals surface area contributed by atoms with Crippen LogP contribution in [0.3, 0.4) is 0 Å². The minimum atomic E-state index is -0.192. The first-order chi connectivity index (χ1) is 10.1. The number of hydrogen-bond acceptors (Lipinski definition) is 4. The average molecular weight is 297 g/mol. The van der Waals surface area contributed by atoms with Gasteiger partial charge < -0.3 is 11.1 Å². The molecule has 2 heterocycles. The standard InChI is InChI=1S/C16H15N3OS/c1-9-5-6-11(10(2)8-9)19-16(20)15-13(17)14-12(21-15)4-3-7-18-14/h3-8H,17H2,1-2H3,(H,19,20). The molecule has 3 N–H and O–H groups in total. The van der Waals surface area contributed by atoms with E-state index >= 15 is 0 Å². The molecule has 0 unspecified atom stereocenters. The van der Waals surface area contributed by atoms with Crippen LogP contribution in [0.15, 0.2) is 36.5 Å². The number of nitrogen functional groups attached to an aromatic ring is 1. The van der Waals surface area contributed by atoms with Crippen molar-refractivity contribution < 1.29 is 4.79 Å². The van der Waals surface area contributed by atoms with Gasteiger partial charge in [0.1, 0.15) is 10.4 Å². The molecule has 0 fully saturated rings. The highest BCUT2D eigenvalue weighted by Gasteiger charge is 2.17. The SMILES string of the molecule is Cc1ccc(NC(=O)c2sc3cccnc3c2N)c(C)c1. The Balaban J connectivity index is 1.95. The smallest absolute Gasteiger partial charge is 0.267 e. The highest BCUT2D eigenvalue weighted by atomic mass is 32.1. The van der Waals surface area contributed by atoms with Crippen LogP contribution in [-0.2, 0) is 0 Å². The lowest BCUT2D eigenvalue weighted by molar-refractivity contribution is 0.103. The highest BCUT2D eigenvalue weighted by Crippen LogP contribution is 2.32. The number of nitrogens with one attached hydrogen (secondary N) is 1. The van der Waals surface area contributed by atoms with Crippen LogP contribution >= 0.6 is 11.3 Å². The number of nitrogens with zero attached hydrogens (tertiary/aromatic N) is 1. The number of nitrogens with two attached hydrogens (primary N) is 1. The van der Waals surface area contributed by atoms with Gasteiger partial charge in [0.05, 0.1) is 10.4 Å². The maximum atomic E-state index is 12.4. The van der Waals surface area contributed by atoms with Crippen LogP contribution in [0.1, 0.15) is 20.8 Å². The van der Waals surface area contributed by atoms with Crippen molar-refractivity contribution in [3.05, 3.63) is 52.5 Å². The van der Waals surface area contributed by atoms with E-state index < -0.39 is 0 Å².